The molecule has 0 bridgehead atoms. The van der Waals surface area contributed by atoms with Crippen LogP contribution < -0.4 is 37.3 Å². The summed E-state index contributed by atoms with van der Waals surface area (Å²) in [6.07, 6.45) is -1.62. The van der Waals surface area contributed by atoms with E-state index in [0.717, 1.165) is 0 Å². The van der Waals surface area contributed by atoms with Gasteiger partial charge in [0.15, 0.2) is 10.5 Å². The Balaban J connectivity index is 1.25. The highest BCUT2D eigenvalue weighted by molar-refractivity contribution is 7.80. The van der Waals surface area contributed by atoms with Gasteiger partial charge < -0.3 is 61.6 Å². The number of carbonyl (C=O) groups is 7. The van der Waals surface area contributed by atoms with E-state index in [9.17, 15) is 63.9 Å². The van der Waals surface area contributed by atoms with Crippen molar-refractivity contribution in [2.24, 2.45) is 0 Å². The van der Waals surface area contributed by atoms with Gasteiger partial charge in [-0.1, -0.05) is 18.3 Å². The summed E-state index contributed by atoms with van der Waals surface area (Å²) in [5, 5.41) is 73.3. The van der Waals surface area contributed by atoms with Crippen molar-refractivity contribution in [3.63, 3.8) is 0 Å². The number of fused-ring (bicyclic) bond motifs is 2. The maximum Gasteiger partial charge on any atom is 0.336 e. The lowest BCUT2D eigenvalue weighted by Gasteiger charge is -2.19. The highest BCUT2D eigenvalue weighted by Crippen LogP contribution is 2.42. The molecule has 0 unspecified atom stereocenters. The number of hydrogen-bond donors (Lipinski definition) is 12. The first-order chi connectivity index (χ1) is 29.8. The minimum absolute atomic E-state index is 0.0482. The zero-order valence-corrected chi connectivity index (χ0v) is 34.6. The number of thiocarbonyl (C=S) groups is 2. The smallest absolute Gasteiger partial charge is 0.336 e. The molecular weight excluding hydrogens is 869 g/mol. The first kappa shape index (κ1) is 48.4. The Morgan fingerprint density at radius 3 is 1.84 bits per heavy atom. The molecule has 23 heteroatoms. The van der Waals surface area contributed by atoms with E-state index in [4.69, 9.17) is 34.0 Å². The van der Waals surface area contributed by atoms with Gasteiger partial charge in [0.05, 0.1) is 10.6 Å². The molecule has 334 valence electrons. The van der Waals surface area contributed by atoms with Gasteiger partial charge in [0.25, 0.3) is 0 Å². The quantitative estimate of drug-likeness (QED) is 0.0287. The Bertz CT molecular complexity index is 2460. The number of aliphatic carboxylic acids is 4. The molecule has 0 radical (unpaired) electrons. The number of aromatic carboxylic acids is 1. The average Bonchev–Trinajstić information content (AvgIpc) is 3.21. The van der Waals surface area contributed by atoms with Gasteiger partial charge in [-0.2, -0.15) is 0 Å². The summed E-state index contributed by atoms with van der Waals surface area (Å²) in [7, 11) is 0. The van der Waals surface area contributed by atoms with E-state index < -0.39 is 66.2 Å². The summed E-state index contributed by atoms with van der Waals surface area (Å²) >= 11 is 10.4. The first-order valence-electron chi connectivity index (χ1n) is 18.9. The third-order valence-corrected chi connectivity index (χ3v) is 9.72. The van der Waals surface area contributed by atoms with Gasteiger partial charge in [0, 0.05) is 73.2 Å². The van der Waals surface area contributed by atoms with Crippen molar-refractivity contribution in [2.75, 3.05) is 25.0 Å². The van der Waals surface area contributed by atoms with Crippen molar-refractivity contribution < 1.29 is 68.6 Å². The maximum absolute atomic E-state index is 12.6. The van der Waals surface area contributed by atoms with E-state index in [1.54, 1.807) is 6.07 Å². The summed E-state index contributed by atoms with van der Waals surface area (Å²) in [4.78, 5) is 95.3. The number of carboxylic acids is 5. The van der Waals surface area contributed by atoms with Crippen LogP contribution in [-0.4, -0.2) is 120 Å². The predicted molar refractivity (Wildman–Crippen MR) is 232 cm³/mol. The van der Waals surface area contributed by atoms with Crippen molar-refractivity contribution in [3.05, 3.63) is 70.4 Å². The van der Waals surface area contributed by atoms with Crippen LogP contribution in [0.1, 0.15) is 48.9 Å². The second-order valence-corrected chi connectivity index (χ2v) is 14.7. The van der Waals surface area contributed by atoms with E-state index in [1.165, 1.54) is 48.5 Å². The van der Waals surface area contributed by atoms with Gasteiger partial charge in [-0.05, 0) is 73.4 Å². The fraction of sp³-hybridized carbons (Fsp3) is 0.300. The molecule has 3 atom stereocenters. The second kappa shape index (κ2) is 22.6. The molecule has 1 heterocycles. The molecule has 2 aliphatic rings. The molecule has 2 amide bonds. The van der Waals surface area contributed by atoms with Crippen LogP contribution >= 0.6 is 24.4 Å². The molecule has 2 aromatic carbocycles. The lowest BCUT2D eigenvalue weighted by molar-refractivity contribution is -0.142. The minimum atomic E-state index is -1.35. The predicted octanol–water partition coefficient (Wildman–Crippen LogP) is 1.78. The largest absolute Gasteiger partial charge is 0.508 e. The lowest BCUT2D eigenvalue weighted by Crippen LogP contribution is -2.47. The van der Waals surface area contributed by atoms with Gasteiger partial charge in [-0.25, -0.2) is 14.4 Å². The molecule has 1 aliphatic heterocycles. The number of phenols is 1. The number of nitrogens with one attached hydrogen (secondary N) is 6. The Kier molecular flexibility index (Phi) is 17.3. The van der Waals surface area contributed by atoms with E-state index in [-0.39, 0.29) is 101 Å². The third kappa shape index (κ3) is 14.4. The van der Waals surface area contributed by atoms with E-state index in [2.05, 4.69) is 31.9 Å². The number of hydrogen-bond acceptors (Lipinski definition) is 13. The van der Waals surface area contributed by atoms with Gasteiger partial charge in [0.2, 0.25) is 11.8 Å². The molecule has 63 heavy (non-hydrogen) atoms. The van der Waals surface area contributed by atoms with E-state index >= 15 is 0 Å². The number of anilines is 1. The van der Waals surface area contributed by atoms with Gasteiger partial charge in [-0.15, -0.1) is 0 Å². The topological polar surface area (TPSA) is 343 Å². The fourth-order valence-electron chi connectivity index (χ4n) is 6.18. The Hall–Kier alpha value is -7.24. The third-order valence-electron chi connectivity index (χ3n) is 9.23. The molecule has 0 saturated carbocycles. The summed E-state index contributed by atoms with van der Waals surface area (Å²) in [5.41, 5.74) is 0.942. The molecule has 0 saturated heterocycles. The van der Waals surface area contributed by atoms with Crippen LogP contribution in [0.3, 0.4) is 0 Å². The fourth-order valence-corrected chi connectivity index (χ4v) is 6.67. The average molecular weight is 911 g/mol. The van der Waals surface area contributed by atoms with Crippen LogP contribution in [0.15, 0.2) is 63.8 Å². The molecule has 2 aromatic rings. The van der Waals surface area contributed by atoms with Crippen LogP contribution in [0.5, 0.6) is 5.75 Å². The monoisotopic (exact) mass is 910 g/mol. The molecule has 1 aliphatic carbocycles. The van der Waals surface area contributed by atoms with Gasteiger partial charge >= 0.3 is 29.8 Å². The molecule has 21 nitrogen and oxygen atoms in total. The summed E-state index contributed by atoms with van der Waals surface area (Å²) in [5.74, 6) is -7.55. The maximum atomic E-state index is 12.6. The van der Waals surface area contributed by atoms with Crippen molar-refractivity contribution in [1.82, 2.24) is 26.6 Å². The molecule has 4 rings (SSSR count). The number of rotatable bonds is 23. The van der Waals surface area contributed by atoms with E-state index in [0.29, 0.717) is 16.5 Å². The zero-order chi connectivity index (χ0) is 46.4. The molecule has 0 fully saturated rings. The molecule has 0 aromatic heterocycles. The normalized spacial score (nSPS) is 12.3. The van der Waals surface area contributed by atoms with Gasteiger partial charge in [-0.3, -0.25) is 29.3 Å². The van der Waals surface area contributed by atoms with Crippen LogP contribution in [-0.2, 0) is 28.8 Å². The van der Waals surface area contributed by atoms with Crippen LogP contribution in [0.25, 0.3) is 33.4 Å². The number of amides is 2. The van der Waals surface area contributed by atoms with Crippen LogP contribution in [0.4, 0.5) is 5.69 Å². The van der Waals surface area contributed by atoms with Gasteiger partial charge in [0.1, 0.15) is 35.2 Å². The minimum Gasteiger partial charge on any atom is -0.508 e. The number of carbonyl (C=O) groups excluding carboxylic acids is 2. The second-order valence-electron chi connectivity index (χ2n) is 13.8. The Labute approximate surface area is 367 Å². The Morgan fingerprint density at radius 2 is 1.25 bits per heavy atom. The zero-order valence-electron chi connectivity index (χ0n) is 33.0. The number of benzene rings is 3. The molecule has 0 spiro atoms. The van der Waals surface area contributed by atoms with Crippen molar-refractivity contribution in [1.29, 1.82) is 0 Å². The Morgan fingerprint density at radius 1 is 0.667 bits per heavy atom. The molecular formula is C40H42N6O15S2. The standard InChI is InChI=1S/C40H42N6O15S2/c47-20-2-5-23-29(16-20)61-30-17-21(48)3-6-24(30)35(23)22-4-1-19(15-25(22)36(53)54)44-40(63)46-28(39(59)60)8-11-32(50)42-14-13-41-31(49)10-7-27(38(57)58)45-33(62)18-43-26(37(55)56)9-12-34(51)52/h1-6,15-17,26-28,43,47H,7-14,18H2,(H,41,49)(H,42,50)(H,45,62)(H,51,52)(H,53,54)(H,55,56)(H,57,58)(H,59,60)(H2,44,46,63)/t26-,27-,28-/m0/s1. The number of aromatic hydroxyl groups is 1. The highest BCUT2D eigenvalue weighted by atomic mass is 32.1. The van der Waals surface area contributed by atoms with Crippen LogP contribution in [0.2, 0.25) is 0 Å². The lowest BCUT2D eigenvalue weighted by atomic mass is 9.90. The van der Waals surface area contributed by atoms with Crippen molar-refractivity contribution in [3.8, 4) is 28.2 Å². The summed E-state index contributed by atoms with van der Waals surface area (Å²) in [6.45, 7) is -0.358. The SMILES string of the molecule is O=C(O)CC[C@H](NCC(=S)N[C@@H](CCC(=O)NCCNC(=O)CC[C@H](NC(=S)Nc1ccc(-c2c3ccc(=O)cc-3oc3cc(O)ccc23)c(C(=O)O)c1)C(=O)O)C(=O)O)C(=O)O. The first-order valence-corrected chi connectivity index (χ1v) is 19.8. The van der Waals surface area contributed by atoms with Crippen molar-refractivity contribution >= 4 is 92.9 Å². The van der Waals surface area contributed by atoms with E-state index in [1.807, 2.05) is 0 Å². The van der Waals surface area contributed by atoms with Crippen LogP contribution in [0, 0.1) is 0 Å². The number of carboxylic acid groups (broad SMARTS) is 5. The summed E-state index contributed by atoms with van der Waals surface area (Å²) in [6, 6.07) is 8.75. The highest BCUT2D eigenvalue weighted by Gasteiger charge is 2.25. The van der Waals surface area contributed by atoms with Crippen molar-refractivity contribution in [2.45, 2.75) is 56.7 Å². The number of phenolic OH excluding ortho intramolecular Hbond substituents is 1. The molecule has 12 N–H and O–H groups in total. The summed E-state index contributed by atoms with van der Waals surface area (Å²) < 4.78 is 5.85.